The van der Waals surface area contributed by atoms with Crippen molar-refractivity contribution in [3.8, 4) is 16.5 Å². The van der Waals surface area contributed by atoms with E-state index in [-0.39, 0.29) is 39.8 Å². The molecular weight excluding hydrogens is 554 g/mol. The summed E-state index contributed by atoms with van der Waals surface area (Å²) in [5.74, 6) is -1.43. The highest BCUT2D eigenvalue weighted by Crippen LogP contribution is 2.50. The number of rotatable bonds is 6. The van der Waals surface area contributed by atoms with E-state index in [1.807, 2.05) is 0 Å². The lowest BCUT2D eigenvalue weighted by atomic mass is 9.89. The molecule has 3 N–H and O–H groups in total. The minimum absolute atomic E-state index is 0.127. The number of nitrogens with zero attached hydrogens (tertiary/aromatic N) is 3. The van der Waals surface area contributed by atoms with Crippen molar-refractivity contribution in [2.75, 3.05) is 13.1 Å². The number of aliphatic hydroxyl groups is 2. The predicted molar refractivity (Wildman–Crippen MR) is 127 cm³/mol. The van der Waals surface area contributed by atoms with Crippen LogP contribution in [0, 0.1) is 11.3 Å². The molecule has 212 valence electrons. The molecule has 0 spiro atoms. The topological polar surface area (TPSA) is 127 Å². The third-order valence-electron chi connectivity index (χ3n) is 6.14. The number of hydrogen-bond acceptors (Lipinski definition) is 7. The zero-order valence-corrected chi connectivity index (χ0v) is 21.7. The predicted octanol–water partition coefficient (Wildman–Crippen LogP) is 4.12. The molecule has 0 radical (unpaired) electrons. The summed E-state index contributed by atoms with van der Waals surface area (Å²) in [6.45, 7) is 4.78. The van der Waals surface area contributed by atoms with Gasteiger partial charge in [-0.25, -0.2) is 4.98 Å². The van der Waals surface area contributed by atoms with Gasteiger partial charge in [0.1, 0.15) is 5.69 Å². The average Bonchev–Trinajstić information content (AvgIpc) is 3.46. The molecule has 2 heterocycles. The van der Waals surface area contributed by atoms with E-state index in [2.05, 4.69) is 10.3 Å². The van der Waals surface area contributed by atoms with Gasteiger partial charge >= 0.3 is 12.4 Å². The maximum atomic E-state index is 13.4. The highest BCUT2D eigenvalue weighted by atomic mass is 32.1. The van der Waals surface area contributed by atoms with Gasteiger partial charge in [0.25, 0.3) is 17.4 Å². The Hall–Kier alpha value is -3.22. The second kappa shape index (κ2) is 10.4. The Bertz CT molecular complexity index is 1300. The van der Waals surface area contributed by atoms with E-state index in [0.29, 0.717) is 36.8 Å². The highest BCUT2D eigenvalue weighted by Gasteiger charge is 2.71. The number of likely N-dealkylation sites (tertiary alicyclic amines) is 1. The lowest BCUT2D eigenvalue weighted by molar-refractivity contribution is -0.376. The smallest absolute Gasteiger partial charge is 0.389 e. The molecule has 1 saturated heterocycles. The van der Waals surface area contributed by atoms with Crippen LogP contribution in [0.1, 0.15) is 65.0 Å². The zero-order valence-electron chi connectivity index (χ0n) is 20.9. The van der Waals surface area contributed by atoms with E-state index in [1.165, 1.54) is 24.8 Å². The van der Waals surface area contributed by atoms with E-state index in [4.69, 9.17) is 0 Å². The van der Waals surface area contributed by atoms with Crippen LogP contribution in [0.15, 0.2) is 18.2 Å². The third-order valence-corrected chi connectivity index (χ3v) is 7.23. The Balaban J connectivity index is 2.18. The van der Waals surface area contributed by atoms with E-state index < -0.39 is 46.5 Å². The molecule has 2 amide bonds. The number of nitrogens with one attached hydrogen (secondary N) is 1. The fourth-order valence-electron chi connectivity index (χ4n) is 4.04. The number of carbonyl (C=O) groups is 2. The van der Waals surface area contributed by atoms with Gasteiger partial charge in [-0.05, 0) is 39.7 Å². The molecule has 3 rings (SSSR count). The van der Waals surface area contributed by atoms with Gasteiger partial charge in [-0.1, -0.05) is 12.1 Å². The zero-order chi connectivity index (χ0) is 29.6. The lowest BCUT2D eigenvalue weighted by Gasteiger charge is -2.32. The van der Waals surface area contributed by atoms with Crippen molar-refractivity contribution in [1.29, 1.82) is 5.26 Å². The molecule has 0 saturated carbocycles. The average molecular weight is 579 g/mol. The second-order valence-corrected chi connectivity index (χ2v) is 10.8. The SMILES string of the molecule is C[C@H]1CCCN1C(=O)c1nc(C(=O)NCC(C)(C)O)sc1-c1ccc(C(O)(C(F)(F)F)C(F)(F)F)cc1C#N. The first-order valence-electron chi connectivity index (χ1n) is 11.5. The van der Waals surface area contributed by atoms with Crippen LogP contribution in [-0.2, 0) is 5.60 Å². The number of hydrogen-bond donors (Lipinski definition) is 3. The van der Waals surface area contributed by atoms with Gasteiger partial charge in [-0.3, -0.25) is 9.59 Å². The summed E-state index contributed by atoms with van der Waals surface area (Å²) < 4.78 is 80.4. The highest BCUT2D eigenvalue weighted by molar-refractivity contribution is 7.17. The maximum absolute atomic E-state index is 13.4. The van der Waals surface area contributed by atoms with Crippen LogP contribution in [0.2, 0.25) is 0 Å². The Morgan fingerprint density at radius 2 is 1.79 bits per heavy atom. The molecule has 1 aromatic heterocycles. The third kappa shape index (κ3) is 5.87. The van der Waals surface area contributed by atoms with E-state index in [0.717, 1.165) is 6.07 Å². The number of benzene rings is 1. The fourth-order valence-corrected chi connectivity index (χ4v) is 5.05. The first kappa shape index (κ1) is 30.3. The van der Waals surface area contributed by atoms with Gasteiger partial charge in [-0.15, -0.1) is 11.3 Å². The molecule has 0 bridgehead atoms. The van der Waals surface area contributed by atoms with Crippen LogP contribution in [0.5, 0.6) is 0 Å². The van der Waals surface area contributed by atoms with Crippen molar-refractivity contribution in [1.82, 2.24) is 15.2 Å². The van der Waals surface area contributed by atoms with Crippen LogP contribution >= 0.6 is 11.3 Å². The summed E-state index contributed by atoms with van der Waals surface area (Å²) in [6, 6.07) is 2.66. The van der Waals surface area contributed by atoms with Crippen LogP contribution in [-0.4, -0.2) is 69.0 Å². The number of thiazole rings is 1. The first-order valence-corrected chi connectivity index (χ1v) is 12.4. The molecule has 1 aliphatic rings. The summed E-state index contributed by atoms with van der Waals surface area (Å²) >= 11 is 0.603. The quantitative estimate of drug-likeness (QED) is 0.443. The first-order chi connectivity index (χ1) is 17.8. The molecular formula is C24H24F6N4O4S. The molecule has 15 heteroatoms. The van der Waals surface area contributed by atoms with Crippen LogP contribution < -0.4 is 5.32 Å². The minimum atomic E-state index is -6.16. The maximum Gasteiger partial charge on any atom is 0.430 e. The monoisotopic (exact) mass is 578 g/mol. The van der Waals surface area contributed by atoms with Crippen LogP contribution in [0.4, 0.5) is 26.3 Å². The summed E-state index contributed by atoms with van der Waals surface area (Å²) in [5.41, 5.74) is -9.47. The van der Waals surface area contributed by atoms with E-state index >= 15 is 0 Å². The number of nitriles is 1. The number of alkyl halides is 6. The van der Waals surface area contributed by atoms with Crippen molar-refractivity contribution < 1.29 is 46.1 Å². The van der Waals surface area contributed by atoms with Gasteiger partial charge in [0.2, 0.25) is 0 Å². The second-order valence-electron chi connectivity index (χ2n) is 9.76. The van der Waals surface area contributed by atoms with Crippen molar-refractivity contribution in [3.63, 3.8) is 0 Å². The Labute approximate surface area is 222 Å². The number of amides is 2. The lowest BCUT2D eigenvalue weighted by Crippen LogP contribution is -2.53. The van der Waals surface area contributed by atoms with Crippen LogP contribution in [0.25, 0.3) is 10.4 Å². The molecule has 0 unspecified atom stereocenters. The molecule has 39 heavy (non-hydrogen) atoms. The fraction of sp³-hybridized carbons (Fsp3) is 0.500. The molecule has 1 fully saturated rings. The van der Waals surface area contributed by atoms with Gasteiger partial charge in [0.05, 0.1) is 22.1 Å². The molecule has 8 nitrogen and oxygen atoms in total. The number of halogens is 6. The minimum Gasteiger partial charge on any atom is -0.389 e. The molecule has 2 aromatic rings. The summed E-state index contributed by atoms with van der Waals surface area (Å²) in [5, 5.41) is 31.4. The van der Waals surface area contributed by atoms with Gasteiger partial charge in [0, 0.05) is 30.3 Å². The standard InChI is InChI=1S/C24H24F6N4O4S/c1-12-5-4-8-34(12)20(36)16-17(39-19(33-16)18(35)32-11-21(2,3)37)15-7-6-14(9-13(15)10-31)22(38,23(25,26)27)24(28,29)30/h6-7,9,12,37-38H,4-5,8,11H2,1-3H3,(H,32,35)/t12-/m0/s1. The van der Waals surface area contributed by atoms with Gasteiger partial charge < -0.3 is 20.4 Å². The Morgan fingerprint density at radius 3 is 2.28 bits per heavy atom. The Morgan fingerprint density at radius 1 is 1.18 bits per heavy atom. The van der Waals surface area contributed by atoms with Gasteiger partial charge in [0.15, 0.2) is 5.01 Å². The molecule has 1 aliphatic heterocycles. The van der Waals surface area contributed by atoms with E-state index in [1.54, 1.807) is 6.92 Å². The van der Waals surface area contributed by atoms with Crippen molar-refractivity contribution in [3.05, 3.63) is 40.0 Å². The van der Waals surface area contributed by atoms with Crippen LogP contribution in [0.3, 0.4) is 0 Å². The summed E-state index contributed by atoms with van der Waals surface area (Å²) in [7, 11) is 0. The van der Waals surface area contributed by atoms with Crippen molar-refractivity contribution >= 4 is 23.2 Å². The normalized spacial score (nSPS) is 16.8. The summed E-state index contributed by atoms with van der Waals surface area (Å²) in [4.78, 5) is 31.5. The number of carbonyl (C=O) groups excluding carboxylic acids is 2. The molecule has 1 aromatic carbocycles. The molecule has 1 atom stereocenters. The van der Waals surface area contributed by atoms with Gasteiger partial charge in [-0.2, -0.15) is 31.6 Å². The largest absolute Gasteiger partial charge is 0.430 e. The Kier molecular flexibility index (Phi) is 8.08. The van der Waals surface area contributed by atoms with Crippen molar-refractivity contribution in [2.24, 2.45) is 0 Å². The number of aromatic nitrogens is 1. The summed E-state index contributed by atoms with van der Waals surface area (Å²) in [6.07, 6.45) is -11.0. The van der Waals surface area contributed by atoms with Crippen molar-refractivity contribution in [2.45, 2.75) is 63.2 Å². The van der Waals surface area contributed by atoms with E-state index in [9.17, 15) is 51.4 Å². The molecule has 0 aliphatic carbocycles.